The van der Waals surface area contributed by atoms with Crippen molar-refractivity contribution in [3.63, 3.8) is 0 Å². The average Bonchev–Trinajstić information content (AvgIpc) is 3.23. The van der Waals surface area contributed by atoms with E-state index >= 15 is 0 Å². The number of rotatable bonds is 5. The number of carbonyl (C=O) groups excluding carboxylic acids is 2. The lowest BCUT2D eigenvalue weighted by atomic mass is 9.96. The van der Waals surface area contributed by atoms with Gasteiger partial charge in [-0.2, -0.15) is 0 Å². The van der Waals surface area contributed by atoms with Gasteiger partial charge in [-0.05, 0) is 58.7 Å². The maximum absolute atomic E-state index is 12.7. The molecule has 0 radical (unpaired) electrons. The summed E-state index contributed by atoms with van der Waals surface area (Å²) in [6.45, 7) is 8.77. The fourth-order valence-electron chi connectivity index (χ4n) is 3.88. The summed E-state index contributed by atoms with van der Waals surface area (Å²) in [6, 6.07) is 1.79. The number of hydrogen-bond donors (Lipinski definition) is 1. The van der Waals surface area contributed by atoms with Crippen LogP contribution in [0.2, 0.25) is 0 Å². The number of aryl methyl sites for hydroxylation is 2. The lowest BCUT2D eigenvalue weighted by molar-refractivity contribution is -0.126. The average molecular weight is 347 g/mol. The van der Waals surface area contributed by atoms with Crippen molar-refractivity contribution in [1.82, 2.24) is 15.1 Å². The number of nitrogens with zero attached hydrogens (tertiary/aromatic N) is 2. The van der Waals surface area contributed by atoms with E-state index in [2.05, 4.69) is 10.2 Å². The van der Waals surface area contributed by atoms with E-state index in [9.17, 15) is 9.59 Å². The topological polar surface area (TPSA) is 65.8 Å². The largest absolute Gasteiger partial charge is 0.466 e. The molecule has 1 N–H and O–H groups in total. The Morgan fingerprint density at radius 1 is 1.20 bits per heavy atom. The molecule has 2 fully saturated rings. The molecule has 0 spiro atoms. The number of likely N-dealkylation sites (tertiary alicyclic amines) is 2. The van der Waals surface area contributed by atoms with Crippen molar-refractivity contribution in [2.45, 2.75) is 39.5 Å². The maximum atomic E-state index is 12.7. The van der Waals surface area contributed by atoms with Crippen LogP contribution in [0.3, 0.4) is 0 Å². The molecule has 3 heterocycles. The van der Waals surface area contributed by atoms with E-state index in [1.165, 1.54) is 12.8 Å². The predicted molar refractivity (Wildman–Crippen MR) is 95.5 cm³/mol. The highest BCUT2D eigenvalue weighted by Gasteiger charge is 2.30. The summed E-state index contributed by atoms with van der Waals surface area (Å²) in [6.07, 6.45) is 4.25. The Morgan fingerprint density at radius 3 is 2.64 bits per heavy atom. The number of amides is 2. The van der Waals surface area contributed by atoms with Crippen LogP contribution >= 0.6 is 0 Å². The molecule has 2 saturated heterocycles. The minimum atomic E-state index is -0.107. The van der Waals surface area contributed by atoms with Crippen molar-refractivity contribution < 1.29 is 14.0 Å². The zero-order valence-electron chi connectivity index (χ0n) is 15.3. The Hall–Kier alpha value is -1.82. The van der Waals surface area contributed by atoms with Crippen LogP contribution in [0, 0.1) is 19.8 Å². The van der Waals surface area contributed by atoms with E-state index in [0.717, 1.165) is 38.2 Å². The summed E-state index contributed by atoms with van der Waals surface area (Å²) in [4.78, 5) is 29.4. The number of hydrogen-bond acceptors (Lipinski definition) is 4. The number of furan rings is 1. The van der Waals surface area contributed by atoms with Crippen molar-refractivity contribution in [2.75, 3.05) is 39.3 Å². The van der Waals surface area contributed by atoms with Gasteiger partial charge in [0.05, 0.1) is 11.5 Å². The standard InChI is InChI=1S/C19H29N3O3/c1-14-12-17(15(2)25-14)19(24)22-10-5-6-16(13-22)18(23)20-7-11-21-8-3-4-9-21/h12,16H,3-11,13H2,1-2H3,(H,20,23). The maximum Gasteiger partial charge on any atom is 0.257 e. The third-order valence-electron chi connectivity index (χ3n) is 5.28. The first-order valence-corrected chi connectivity index (χ1v) is 9.41. The Balaban J connectivity index is 1.50. The molecular weight excluding hydrogens is 318 g/mol. The van der Waals surface area contributed by atoms with Crippen LogP contribution in [0.15, 0.2) is 10.5 Å². The molecule has 2 amide bonds. The highest BCUT2D eigenvalue weighted by Crippen LogP contribution is 2.22. The second-order valence-electron chi connectivity index (χ2n) is 7.26. The quantitative estimate of drug-likeness (QED) is 0.884. The molecule has 0 aliphatic carbocycles. The van der Waals surface area contributed by atoms with E-state index in [4.69, 9.17) is 4.42 Å². The van der Waals surface area contributed by atoms with Crippen LogP contribution in [-0.4, -0.2) is 60.9 Å². The molecule has 6 heteroatoms. The Labute approximate surface area is 149 Å². The van der Waals surface area contributed by atoms with Gasteiger partial charge in [-0.15, -0.1) is 0 Å². The Morgan fingerprint density at radius 2 is 1.96 bits per heavy atom. The minimum absolute atomic E-state index is 0.0242. The van der Waals surface area contributed by atoms with E-state index in [0.29, 0.717) is 31.0 Å². The molecule has 0 saturated carbocycles. The second kappa shape index (κ2) is 8.04. The monoisotopic (exact) mass is 347 g/mol. The highest BCUT2D eigenvalue weighted by atomic mass is 16.3. The summed E-state index contributed by atoms with van der Waals surface area (Å²) in [7, 11) is 0. The molecule has 1 aromatic rings. The molecule has 138 valence electrons. The van der Waals surface area contributed by atoms with Crippen molar-refractivity contribution in [1.29, 1.82) is 0 Å². The SMILES string of the molecule is Cc1cc(C(=O)N2CCCC(C(=O)NCCN3CCCC3)C2)c(C)o1. The lowest BCUT2D eigenvalue weighted by Gasteiger charge is -2.32. The molecule has 1 aromatic heterocycles. The van der Waals surface area contributed by atoms with Gasteiger partial charge in [-0.3, -0.25) is 9.59 Å². The zero-order valence-corrected chi connectivity index (χ0v) is 15.3. The van der Waals surface area contributed by atoms with Crippen LogP contribution in [0.4, 0.5) is 0 Å². The first kappa shape index (κ1) is 18.0. The molecule has 0 aromatic carbocycles. The van der Waals surface area contributed by atoms with Crippen molar-refractivity contribution in [2.24, 2.45) is 5.92 Å². The Kier molecular flexibility index (Phi) is 5.78. The Bertz CT molecular complexity index is 619. The van der Waals surface area contributed by atoms with Gasteiger partial charge in [-0.25, -0.2) is 0 Å². The van der Waals surface area contributed by atoms with Gasteiger partial charge in [0, 0.05) is 26.2 Å². The van der Waals surface area contributed by atoms with Crippen molar-refractivity contribution in [3.8, 4) is 0 Å². The van der Waals surface area contributed by atoms with Gasteiger partial charge in [0.1, 0.15) is 11.5 Å². The fourth-order valence-corrected chi connectivity index (χ4v) is 3.88. The van der Waals surface area contributed by atoms with Gasteiger partial charge >= 0.3 is 0 Å². The van der Waals surface area contributed by atoms with Crippen molar-refractivity contribution >= 4 is 11.8 Å². The summed E-state index contributed by atoms with van der Waals surface area (Å²) >= 11 is 0. The summed E-state index contributed by atoms with van der Waals surface area (Å²) in [5, 5.41) is 3.06. The van der Waals surface area contributed by atoms with E-state index in [1.807, 2.05) is 13.8 Å². The summed E-state index contributed by atoms with van der Waals surface area (Å²) in [5.74, 6) is 1.35. The number of carbonyl (C=O) groups is 2. The summed E-state index contributed by atoms with van der Waals surface area (Å²) < 4.78 is 5.47. The zero-order chi connectivity index (χ0) is 17.8. The van der Waals surface area contributed by atoms with Gasteiger partial charge in [0.15, 0.2) is 0 Å². The summed E-state index contributed by atoms with van der Waals surface area (Å²) in [5.41, 5.74) is 0.618. The fraction of sp³-hybridized carbons (Fsp3) is 0.684. The first-order valence-electron chi connectivity index (χ1n) is 9.41. The van der Waals surface area contributed by atoms with Crippen molar-refractivity contribution in [3.05, 3.63) is 23.2 Å². The van der Waals surface area contributed by atoms with Gasteiger partial charge in [0.25, 0.3) is 5.91 Å². The van der Waals surface area contributed by atoms with Crippen LogP contribution in [-0.2, 0) is 4.79 Å². The van der Waals surface area contributed by atoms with Crippen LogP contribution < -0.4 is 5.32 Å². The van der Waals surface area contributed by atoms with E-state index < -0.39 is 0 Å². The number of nitrogens with one attached hydrogen (secondary N) is 1. The molecule has 6 nitrogen and oxygen atoms in total. The van der Waals surface area contributed by atoms with E-state index in [-0.39, 0.29) is 17.7 Å². The first-order chi connectivity index (χ1) is 12.0. The molecule has 1 atom stereocenters. The number of piperidine rings is 1. The third-order valence-corrected chi connectivity index (χ3v) is 5.28. The van der Waals surface area contributed by atoms with E-state index in [1.54, 1.807) is 11.0 Å². The lowest BCUT2D eigenvalue weighted by Crippen LogP contribution is -2.46. The highest BCUT2D eigenvalue weighted by molar-refractivity contribution is 5.95. The van der Waals surface area contributed by atoms with Crippen LogP contribution in [0.25, 0.3) is 0 Å². The van der Waals surface area contributed by atoms with Crippen LogP contribution in [0.1, 0.15) is 47.6 Å². The molecule has 0 bridgehead atoms. The molecule has 2 aliphatic rings. The molecule has 2 aliphatic heterocycles. The predicted octanol–water partition coefficient (Wildman–Crippen LogP) is 1.96. The molecular formula is C19H29N3O3. The smallest absolute Gasteiger partial charge is 0.257 e. The normalized spacial score (nSPS) is 21.5. The molecule has 3 rings (SSSR count). The van der Waals surface area contributed by atoms with Gasteiger partial charge in [0.2, 0.25) is 5.91 Å². The van der Waals surface area contributed by atoms with Gasteiger partial charge < -0.3 is 19.5 Å². The minimum Gasteiger partial charge on any atom is -0.466 e. The second-order valence-corrected chi connectivity index (χ2v) is 7.26. The van der Waals surface area contributed by atoms with Gasteiger partial charge in [-0.1, -0.05) is 0 Å². The van der Waals surface area contributed by atoms with Crippen LogP contribution in [0.5, 0.6) is 0 Å². The molecule has 1 unspecified atom stereocenters. The molecule has 25 heavy (non-hydrogen) atoms. The third kappa shape index (κ3) is 4.42.